The Morgan fingerprint density at radius 1 is 1.60 bits per heavy atom. The van der Waals surface area contributed by atoms with Crippen LogP contribution in [0.2, 0.25) is 0 Å². The standard InChI is InChI=1S/C12H19N3O2S.2ClH/c1-9-14-7-11(18-9)8-15(2)12(16)5-10-6-13-3-4-17-10;;/h7,10,13H,3-6,8H2,1-2H3;2*1H. The molecule has 2 rings (SSSR count). The second kappa shape index (κ2) is 9.52. The topological polar surface area (TPSA) is 54.5 Å². The third kappa shape index (κ3) is 5.93. The number of nitrogens with one attached hydrogen (secondary N) is 1. The molecule has 2 heterocycles. The van der Waals surface area contributed by atoms with Gasteiger partial charge in [-0.3, -0.25) is 4.79 Å². The third-order valence-corrected chi connectivity index (χ3v) is 3.79. The summed E-state index contributed by atoms with van der Waals surface area (Å²) in [5.41, 5.74) is 0. The number of carbonyl (C=O) groups excluding carboxylic acids is 1. The monoisotopic (exact) mass is 341 g/mol. The molecule has 20 heavy (non-hydrogen) atoms. The first-order chi connectivity index (χ1) is 8.65. The number of halogens is 2. The molecule has 0 aliphatic carbocycles. The number of hydrogen-bond acceptors (Lipinski definition) is 5. The summed E-state index contributed by atoms with van der Waals surface area (Å²) in [7, 11) is 1.83. The summed E-state index contributed by atoms with van der Waals surface area (Å²) in [6.45, 7) is 4.93. The van der Waals surface area contributed by atoms with Crippen LogP contribution in [0.25, 0.3) is 0 Å². The number of morpholine rings is 1. The molecule has 0 aromatic carbocycles. The molecule has 8 heteroatoms. The molecule has 0 spiro atoms. The molecule has 1 amide bonds. The lowest BCUT2D eigenvalue weighted by Gasteiger charge is -2.25. The predicted molar refractivity (Wildman–Crippen MR) is 85.0 cm³/mol. The minimum absolute atomic E-state index is 0. The van der Waals surface area contributed by atoms with E-state index in [1.807, 2.05) is 20.2 Å². The fraction of sp³-hybridized carbons (Fsp3) is 0.667. The maximum absolute atomic E-state index is 12.0. The first kappa shape index (κ1) is 19.6. The van der Waals surface area contributed by atoms with Gasteiger partial charge >= 0.3 is 0 Å². The van der Waals surface area contributed by atoms with E-state index in [1.54, 1.807) is 16.2 Å². The van der Waals surface area contributed by atoms with Crippen molar-refractivity contribution in [2.45, 2.75) is 26.0 Å². The Balaban J connectivity index is 0.00000180. The molecule has 1 saturated heterocycles. The van der Waals surface area contributed by atoms with Crippen LogP contribution in [0.4, 0.5) is 0 Å². The molecular weight excluding hydrogens is 321 g/mol. The number of rotatable bonds is 4. The van der Waals surface area contributed by atoms with Gasteiger partial charge in [-0.15, -0.1) is 36.2 Å². The highest BCUT2D eigenvalue weighted by molar-refractivity contribution is 7.11. The third-order valence-electron chi connectivity index (χ3n) is 2.89. The van der Waals surface area contributed by atoms with Gasteiger partial charge in [0, 0.05) is 31.2 Å². The van der Waals surface area contributed by atoms with Crippen LogP contribution in [0.1, 0.15) is 16.3 Å². The van der Waals surface area contributed by atoms with Crippen molar-refractivity contribution in [3.05, 3.63) is 16.1 Å². The van der Waals surface area contributed by atoms with Crippen molar-refractivity contribution in [1.29, 1.82) is 0 Å². The highest BCUT2D eigenvalue weighted by Gasteiger charge is 2.20. The molecular formula is C12H21Cl2N3O2S. The summed E-state index contributed by atoms with van der Waals surface area (Å²) in [4.78, 5) is 19.1. The van der Waals surface area contributed by atoms with Crippen LogP contribution in [0.5, 0.6) is 0 Å². The molecule has 5 nitrogen and oxygen atoms in total. The normalized spacial score (nSPS) is 17.8. The van der Waals surface area contributed by atoms with E-state index in [0.29, 0.717) is 19.6 Å². The molecule has 116 valence electrons. The lowest BCUT2D eigenvalue weighted by Crippen LogP contribution is -2.41. The van der Waals surface area contributed by atoms with E-state index in [1.165, 1.54) is 0 Å². The second-order valence-corrected chi connectivity index (χ2v) is 5.82. The molecule has 1 aliphatic heterocycles. The summed E-state index contributed by atoms with van der Waals surface area (Å²) in [6, 6.07) is 0. The first-order valence-corrected chi connectivity index (χ1v) is 6.94. The van der Waals surface area contributed by atoms with Crippen molar-refractivity contribution >= 4 is 42.1 Å². The van der Waals surface area contributed by atoms with Crippen LogP contribution < -0.4 is 5.32 Å². The van der Waals surface area contributed by atoms with Gasteiger partial charge in [-0.25, -0.2) is 4.98 Å². The number of aryl methyl sites for hydroxylation is 1. The number of carbonyl (C=O) groups is 1. The van der Waals surface area contributed by atoms with Gasteiger partial charge in [-0.1, -0.05) is 0 Å². The van der Waals surface area contributed by atoms with Gasteiger partial charge in [0.05, 0.1) is 30.7 Å². The molecule has 1 aliphatic rings. The Labute approximate surface area is 135 Å². The van der Waals surface area contributed by atoms with Crippen molar-refractivity contribution in [3.8, 4) is 0 Å². The van der Waals surface area contributed by atoms with E-state index >= 15 is 0 Å². The summed E-state index contributed by atoms with van der Waals surface area (Å²) in [5.74, 6) is 0.120. The largest absolute Gasteiger partial charge is 0.375 e. The van der Waals surface area contributed by atoms with Crippen molar-refractivity contribution in [2.75, 3.05) is 26.7 Å². The summed E-state index contributed by atoms with van der Waals surface area (Å²) >= 11 is 1.63. The van der Waals surface area contributed by atoms with Crippen LogP contribution in [-0.4, -0.2) is 48.6 Å². The number of hydrogen-bond donors (Lipinski definition) is 1. The van der Waals surface area contributed by atoms with Crippen molar-refractivity contribution in [2.24, 2.45) is 0 Å². The number of amides is 1. The Hall–Kier alpha value is -0.400. The van der Waals surface area contributed by atoms with E-state index in [0.717, 1.165) is 23.0 Å². The van der Waals surface area contributed by atoms with Crippen molar-refractivity contribution in [1.82, 2.24) is 15.2 Å². The van der Waals surface area contributed by atoms with Crippen LogP contribution in [-0.2, 0) is 16.1 Å². The fourth-order valence-corrected chi connectivity index (χ4v) is 2.75. The van der Waals surface area contributed by atoms with Gasteiger partial charge in [-0.05, 0) is 6.92 Å². The molecule has 0 radical (unpaired) electrons. The van der Waals surface area contributed by atoms with Crippen LogP contribution in [0, 0.1) is 6.92 Å². The van der Waals surface area contributed by atoms with E-state index < -0.39 is 0 Å². The van der Waals surface area contributed by atoms with Gasteiger partial charge < -0.3 is 15.0 Å². The average Bonchev–Trinajstić information content (AvgIpc) is 2.76. The van der Waals surface area contributed by atoms with E-state index in [2.05, 4.69) is 10.3 Å². The zero-order chi connectivity index (χ0) is 13.0. The highest BCUT2D eigenvalue weighted by Crippen LogP contribution is 2.14. The van der Waals surface area contributed by atoms with Crippen LogP contribution in [0.3, 0.4) is 0 Å². The van der Waals surface area contributed by atoms with E-state index in [9.17, 15) is 4.79 Å². The zero-order valence-electron chi connectivity index (χ0n) is 11.6. The molecule has 0 saturated carbocycles. The Kier molecular flexibility index (Phi) is 9.33. The maximum atomic E-state index is 12.0. The van der Waals surface area contributed by atoms with E-state index in [-0.39, 0.29) is 36.8 Å². The molecule has 1 fully saturated rings. The number of aromatic nitrogens is 1. The molecule has 1 N–H and O–H groups in total. The van der Waals surface area contributed by atoms with Crippen molar-refractivity contribution in [3.63, 3.8) is 0 Å². The highest BCUT2D eigenvalue weighted by atomic mass is 35.5. The Bertz CT molecular complexity index is 411. The Morgan fingerprint density at radius 2 is 2.35 bits per heavy atom. The molecule has 0 bridgehead atoms. The maximum Gasteiger partial charge on any atom is 0.225 e. The fourth-order valence-electron chi connectivity index (χ4n) is 1.90. The second-order valence-electron chi connectivity index (χ2n) is 4.50. The minimum atomic E-state index is 0. The van der Waals surface area contributed by atoms with Gasteiger partial charge in [0.1, 0.15) is 0 Å². The van der Waals surface area contributed by atoms with Crippen molar-refractivity contribution < 1.29 is 9.53 Å². The van der Waals surface area contributed by atoms with E-state index in [4.69, 9.17) is 4.74 Å². The quantitative estimate of drug-likeness (QED) is 0.904. The smallest absolute Gasteiger partial charge is 0.225 e. The molecule has 1 aromatic rings. The molecule has 1 aromatic heterocycles. The SMILES string of the molecule is Cc1ncc(CN(C)C(=O)CC2CNCCO2)s1.Cl.Cl. The molecule has 1 unspecified atom stereocenters. The first-order valence-electron chi connectivity index (χ1n) is 6.12. The van der Waals surface area contributed by atoms with Gasteiger partial charge in [0.25, 0.3) is 0 Å². The lowest BCUT2D eigenvalue weighted by atomic mass is 10.2. The summed E-state index contributed by atoms with van der Waals surface area (Å²) in [6.07, 6.45) is 2.29. The summed E-state index contributed by atoms with van der Waals surface area (Å²) in [5, 5.41) is 4.26. The van der Waals surface area contributed by atoms with Gasteiger partial charge in [0.15, 0.2) is 0 Å². The predicted octanol–water partition coefficient (Wildman–Crippen LogP) is 1.63. The lowest BCUT2D eigenvalue weighted by molar-refractivity contribution is -0.133. The van der Waals surface area contributed by atoms with Gasteiger partial charge in [0.2, 0.25) is 5.91 Å². The van der Waals surface area contributed by atoms with Gasteiger partial charge in [-0.2, -0.15) is 0 Å². The van der Waals surface area contributed by atoms with Crippen LogP contribution >= 0.6 is 36.2 Å². The Morgan fingerprint density at radius 3 is 2.90 bits per heavy atom. The number of ether oxygens (including phenoxy) is 1. The number of thiazole rings is 1. The summed E-state index contributed by atoms with van der Waals surface area (Å²) < 4.78 is 5.53. The van der Waals surface area contributed by atoms with Crippen LogP contribution in [0.15, 0.2) is 6.20 Å². The zero-order valence-corrected chi connectivity index (χ0v) is 14.1. The number of nitrogens with zero attached hydrogens (tertiary/aromatic N) is 2. The minimum Gasteiger partial charge on any atom is -0.375 e. The molecule has 1 atom stereocenters. The average molecular weight is 342 g/mol.